The first kappa shape index (κ1) is 6.01. The molecule has 0 unspecified atom stereocenters. The van der Waals surface area contributed by atoms with Crippen LogP contribution in [0.25, 0.3) is 0 Å². The Morgan fingerprint density at radius 1 is 1.78 bits per heavy atom. The molecule has 9 heavy (non-hydrogen) atoms. The Labute approximate surface area is 52.3 Å². The molecule has 0 N–H and O–H groups in total. The van der Waals surface area contributed by atoms with Gasteiger partial charge in [-0.2, -0.15) is 0 Å². The van der Waals surface area contributed by atoms with Gasteiger partial charge < -0.3 is 4.74 Å². The van der Waals surface area contributed by atoms with Crippen LogP contribution in [0.15, 0.2) is 11.6 Å². The second-order valence-corrected chi connectivity index (χ2v) is 1.74. The van der Waals surface area contributed by atoms with Crippen molar-refractivity contribution in [1.82, 2.24) is 0 Å². The highest BCUT2D eigenvalue weighted by atomic mass is 16.5. The summed E-state index contributed by atoms with van der Waals surface area (Å²) < 4.78 is 4.30. The van der Waals surface area contributed by atoms with Gasteiger partial charge in [0.1, 0.15) is 0 Å². The Hall–Kier alpha value is -1.12. The Balaban J connectivity index is 2.65. The van der Waals surface area contributed by atoms with E-state index in [9.17, 15) is 9.59 Å². The SMILES string of the molecule is COC(=O)C1=CCC1=O. The highest BCUT2D eigenvalue weighted by molar-refractivity contribution is 6.22. The fraction of sp³-hybridized carbons (Fsp3) is 0.333. The first-order valence-electron chi connectivity index (χ1n) is 2.57. The van der Waals surface area contributed by atoms with Crippen molar-refractivity contribution in [2.45, 2.75) is 6.42 Å². The van der Waals surface area contributed by atoms with E-state index >= 15 is 0 Å². The second kappa shape index (κ2) is 2.01. The molecule has 48 valence electrons. The number of Topliss-reactive ketones (excluding diaryl/α,β-unsaturated/α-hetero) is 1. The van der Waals surface area contributed by atoms with Crippen molar-refractivity contribution in [3.05, 3.63) is 11.6 Å². The summed E-state index contributed by atoms with van der Waals surface area (Å²) in [6.45, 7) is 0. The number of hydrogen-bond donors (Lipinski definition) is 0. The number of carbonyl (C=O) groups is 2. The molecule has 1 aliphatic carbocycles. The van der Waals surface area contributed by atoms with Crippen LogP contribution in [-0.4, -0.2) is 18.9 Å². The molecular formula is C6H6O3. The molecule has 1 aliphatic rings. The average molecular weight is 126 g/mol. The van der Waals surface area contributed by atoms with E-state index in [1.54, 1.807) is 6.08 Å². The fourth-order valence-corrected chi connectivity index (χ4v) is 0.595. The lowest BCUT2D eigenvalue weighted by atomic mass is 9.98. The maximum atomic E-state index is 10.5. The molecule has 0 aromatic carbocycles. The van der Waals surface area contributed by atoms with Gasteiger partial charge in [-0.1, -0.05) is 6.08 Å². The summed E-state index contributed by atoms with van der Waals surface area (Å²) in [6.07, 6.45) is 1.94. The molecule has 0 saturated heterocycles. The predicted octanol–water partition coefficient (Wildman–Crippen LogP) is 0.0586. The summed E-state index contributed by atoms with van der Waals surface area (Å²) in [5, 5.41) is 0. The van der Waals surface area contributed by atoms with Gasteiger partial charge in [-0.15, -0.1) is 0 Å². The van der Waals surface area contributed by atoms with Crippen molar-refractivity contribution in [1.29, 1.82) is 0 Å². The maximum absolute atomic E-state index is 10.5. The van der Waals surface area contributed by atoms with E-state index in [4.69, 9.17) is 0 Å². The van der Waals surface area contributed by atoms with Crippen LogP contribution in [0.4, 0.5) is 0 Å². The van der Waals surface area contributed by atoms with Crippen LogP contribution in [0, 0.1) is 0 Å². The average Bonchev–Trinajstić information content (AvgIpc) is 1.84. The lowest BCUT2D eigenvalue weighted by Crippen LogP contribution is -2.20. The monoisotopic (exact) mass is 126 g/mol. The highest BCUT2D eigenvalue weighted by Crippen LogP contribution is 2.13. The van der Waals surface area contributed by atoms with Gasteiger partial charge in [-0.05, 0) is 0 Å². The van der Waals surface area contributed by atoms with Crippen LogP contribution in [-0.2, 0) is 14.3 Å². The molecule has 0 atom stereocenters. The molecule has 3 nitrogen and oxygen atoms in total. The van der Waals surface area contributed by atoms with Crippen molar-refractivity contribution in [2.24, 2.45) is 0 Å². The molecule has 0 heterocycles. The zero-order valence-electron chi connectivity index (χ0n) is 5.01. The Bertz CT molecular complexity index is 190. The van der Waals surface area contributed by atoms with Gasteiger partial charge in [0.05, 0.1) is 12.7 Å². The molecule has 0 fully saturated rings. The van der Waals surface area contributed by atoms with Gasteiger partial charge in [0.15, 0.2) is 5.78 Å². The van der Waals surface area contributed by atoms with E-state index in [0.717, 1.165) is 0 Å². The summed E-state index contributed by atoms with van der Waals surface area (Å²) >= 11 is 0. The molecule has 0 aromatic rings. The molecule has 0 radical (unpaired) electrons. The smallest absolute Gasteiger partial charge is 0.341 e. The summed E-state index contributed by atoms with van der Waals surface area (Å²) in [5.41, 5.74) is 0.192. The largest absolute Gasteiger partial charge is 0.465 e. The standard InChI is InChI=1S/C6H6O3/c1-9-6(8)4-2-3-5(4)7/h2H,3H2,1H3. The zero-order chi connectivity index (χ0) is 6.85. The summed E-state index contributed by atoms with van der Waals surface area (Å²) in [4.78, 5) is 21.0. The maximum Gasteiger partial charge on any atom is 0.341 e. The van der Waals surface area contributed by atoms with Crippen molar-refractivity contribution >= 4 is 11.8 Å². The quantitative estimate of drug-likeness (QED) is 0.368. The summed E-state index contributed by atoms with van der Waals surface area (Å²) in [7, 11) is 1.26. The lowest BCUT2D eigenvalue weighted by Gasteiger charge is -2.08. The zero-order valence-corrected chi connectivity index (χ0v) is 5.01. The van der Waals surface area contributed by atoms with E-state index < -0.39 is 5.97 Å². The van der Waals surface area contributed by atoms with E-state index in [2.05, 4.69) is 4.74 Å². The van der Waals surface area contributed by atoms with Gasteiger partial charge in [-0.3, -0.25) is 4.79 Å². The molecule has 0 saturated carbocycles. The van der Waals surface area contributed by atoms with Gasteiger partial charge in [0, 0.05) is 6.42 Å². The van der Waals surface area contributed by atoms with Crippen molar-refractivity contribution in [3.8, 4) is 0 Å². The lowest BCUT2D eigenvalue weighted by molar-refractivity contribution is -0.138. The van der Waals surface area contributed by atoms with Gasteiger partial charge >= 0.3 is 5.97 Å². The number of methoxy groups -OCH3 is 1. The minimum Gasteiger partial charge on any atom is -0.465 e. The minimum absolute atomic E-state index is 0.123. The number of ketones is 1. The number of carbonyl (C=O) groups excluding carboxylic acids is 2. The molecule has 3 heteroatoms. The van der Waals surface area contributed by atoms with Crippen LogP contribution in [0.5, 0.6) is 0 Å². The summed E-state index contributed by atoms with van der Waals surface area (Å²) in [5.74, 6) is -0.645. The number of hydrogen-bond acceptors (Lipinski definition) is 3. The molecule has 0 amide bonds. The molecule has 0 aromatic heterocycles. The third-order valence-corrected chi connectivity index (χ3v) is 1.20. The number of rotatable bonds is 1. The van der Waals surface area contributed by atoms with Crippen LogP contribution in [0.3, 0.4) is 0 Å². The molecule has 0 bridgehead atoms. The normalized spacial score (nSPS) is 16.1. The van der Waals surface area contributed by atoms with Gasteiger partial charge in [0.2, 0.25) is 0 Å². The Kier molecular flexibility index (Phi) is 1.34. The first-order chi connectivity index (χ1) is 4.25. The van der Waals surface area contributed by atoms with Crippen molar-refractivity contribution in [3.63, 3.8) is 0 Å². The third kappa shape index (κ3) is 0.850. The number of esters is 1. The number of allylic oxidation sites excluding steroid dienone is 1. The van der Waals surface area contributed by atoms with E-state index in [1.165, 1.54) is 7.11 Å². The van der Waals surface area contributed by atoms with Crippen LogP contribution < -0.4 is 0 Å². The fourth-order valence-electron chi connectivity index (χ4n) is 0.595. The number of ether oxygens (including phenoxy) is 1. The van der Waals surface area contributed by atoms with E-state index in [-0.39, 0.29) is 11.4 Å². The Morgan fingerprint density at radius 2 is 2.44 bits per heavy atom. The minimum atomic E-state index is -0.522. The van der Waals surface area contributed by atoms with Crippen LogP contribution >= 0.6 is 0 Å². The van der Waals surface area contributed by atoms with Crippen molar-refractivity contribution in [2.75, 3.05) is 7.11 Å². The van der Waals surface area contributed by atoms with Crippen LogP contribution in [0.1, 0.15) is 6.42 Å². The summed E-state index contributed by atoms with van der Waals surface area (Å²) in [6, 6.07) is 0. The second-order valence-electron chi connectivity index (χ2n) is 1.74. The molecule has 0 spiro atoms. The Morgan fingerprint density at radius 3 is 2.56 bits per heavy atom. The van der Waals surface area contributed by atoms with Gasteiger partial charge in [0.25, 0.3) is 0 Å². The van der Waals surface area contributed by atoms with Crippen molar-refractivity contribution < 1.29 is 14.3 Å². The van der Waals surface area contributed by atoms with E-state index in [1.807, 2.05) is 0 Å². The van der Waals surface area contributed by atoms with Crippen LogP contribution in [0.2, 0.25) is 0 Å². The molecular weight excluding hydrogens is 120 g/mol. The highest BCUT2D eigenvalue weighted by Gasteiger charge is 2.24. The molecule has 0 aliphatic heterocycles. The molecule has 1 rings (SSSR count). The first-order valence-corrected chi connectivity index (χ1v) is 2.57. The third-order valence-electron chi connectivity index (χ3n) is 1.20. The van der Waals surface area contributed by atoms with Gasteiger partial charge in [-0.25, -0.2) is 4.79 Å². The van der Waals surface area contributed by atoms with E-state index in [0.29, 0.717) is 6.42 Å². The predicted molar refractivity (Wildman–Crippen MR) is 29.7 cm³/mol. The topological polar surface area (TPSA) is 43.4 Å².